The smallest absolute Gasteiger partial charge is 0.338 e. The van der Waals surface area contributed by atoms with E-state index in [4.69, 9.17) is 4.74 Å². The average molecular weight is 333 g/mol. The van der Waals surface area contributed by atoms with Gasteiger partial charge in [-0.2, -0.15) is 0 Å². The second kappa shape index (κ2) is 8.09. The zero-order valence-corrected chi connectivity index (χ0v) is 13.3. The number of hydrogen-bond acceptors (Lipinski definition) is 5. The molecule has 1 saturated heterocycles. The molecule has 0 bridgehead atoms. The first-order chi connectivity index (χ1) is 11.5. The maximum Gasteiger partial charge on any atom is 0.338 e. The van der Waals surface area contributed by atoms with E-state index in [9.17, 15) is 19.2 Å². The van der Waals surface area contributed by atoms with Crippen LogP contribution in [0, 0.1) is 0 Å². The van der Waals surface area contributed by atoms with Gasteiger partial charge < -0.3 is 15.4 Å². The number of urea groups is 1. The quantitative estimate of drug-likeness (QED) is 0.717. The van der Waals surface area contributed by atoms with Crippen molar-refractivity contribution in [2.75, 3.05) is 26.2 Å². The van der Waals surface area contributed by atoms with E-state index in [1.165, 1.54) is 6.92 Å². The number of ether oxygens (including phenoxy) is 1. The third-order valence-electron chi connectivity index (χ3n) is 3.46. The fourth-order valence-electron chi connectivity index (χ4n) is 2.19. The van der Waals surface area contributed by atoms with Crippen LogP contribution in [0.5, 0.6) is 0 Å². The normalized spacial score (nSPS) is 13.4. The van der Waals surface area contributed by atoms with Gasteiger partial charge in [0, 0.05) is 26.6 Å². The van der Waals surface area contributed by atoms with Crippen LogP contribution in [0.25, 0.3) is 0 Å². The molecule has 0 aromatic heterocycles. The van der Waals surface area contributed by atoms with Crippen molar-refractivity contribution in [1.82, 2.24) is 15.5 Å². The van der Waals surface area contributed by atoms with Crippen molar-refractivity contribution in [2.45, 2.75) is 13.3 Å². The van der Waals surface area contributed by atoms with Crippen molar-refractivity contribution >= 4 is 23.8 Å². The van der Waals surface area contributed by atoms with Gasteiger partial charge in [0.2, 0.25) is 5.91 Å². The van der Waals surface area contributed by atoms with E-state index in [1.807, 2.05) is 0 Å². The molecule has 0 radical (unpaired) electrons. The van der Waals surface area contributed by atoms with Crippen molar-refractivity contribution in [2.24, 2.45) is 0 Å². The Balaban J connectivity index is 1.80. The number of esters is 1. The number of carbonyl (C=O) groups excluding carboxylic acids is 4. The SMILES string of the molecule is CC(=O)NCCc1ccc(C(=O)OCC(=O)N2CCNC2=O)cc1. The van der Waals surface area contributed by atoms with Crippen molar-refractivity contribution in [1.29, 1.82) is 0 Å². The van der Waals surface area contributed by atoms with Crippen molar-refractivity contribution < 1.29 is 23.9 Å². The van der Waals surface area contributed by atoms with Crippen LogP contribution in [0.2, 0.25) is 0 Å². The zero-order chi connectivity index (χ0) is 17.5. The Bertz CT molecular complexity index is 642. The summed E-state index contributed by atoms with van der Waals surface area (Å²) in [7, 11) is 0. The minimum absolute atomic E-state index is 0.0912. The summed E-state index contributed by atoms with van der Waals surface area (Å²) in [6.07, 6.45) is 0.650. The molecular weight excluding hydrogens is 314 g/mol. The molecular formula is C16H19N3O5. The van der Waals surface area contributed by atoms with E-state index in [2.05, 4.69) is 10.6 Å². The topological polar surface area (TPSA) is 105 Å². The first-order valence-electron chi connectivity index (χ1n) is 7.56. The van der Waals surface area contributed by atoms with Crippen LogP contribution in [0.3, 0.4) is 0 Å². The number of hydrogen-bond donors (Lipinski definition) is 2. The molecule has 0 atom stereocenters. The lowest BCUT2D eigenvalue weighted by atomic mass is 10.1. The lowest BCUT2D eigenvalue weighted by molar-refractivity contribution is -0.130. The Morgan fingerprint density at radius 3 is 2.54 bits per heavy atom. The lowest BCUT2D eigenvalue weighted by Gasteiger charge is -2.12. The van der Waals surface area contributed by atoms with E-state index in [-0.39, 0.29) is 12.5 Å². The summed E-state index contributed by atoms with van der Waals surface area (Å²) in [6.45, 7) is 2.17. The third kappa shape index (κ3) is 4.80. The second-order valence-electron chi connectivity index (χ2n) is 5.28. The highest BCUT2D eigenvalue weighted by Gasteiger charge is 2.26. The molecule has 1 aromatic rings. The molecule has 0 saturated carbocycles. The van der Waals surface area contributed by atoms with E-state index in [0.29, 0.717) is 25.1 Å². The molecule has 1 aromatic carbocycles. The van der Waals surface area contributed by atoms with Gasteiger partial charge in [0.05, 0.1) is 5.56 Å². The van der Waals surface area contributed by atoms with Gasteiger partial charge in [-0.05, 0) is 24.1 Å². The maximum absolute atomic E-state index is 11.9. The largest absolute Gasteiger partial charge is 0.452 e. The molecule has 1 aliphatic heterocycles. The average Bonchev–Trinajstić information content (AvgIpc) is 2.99. The molecule has 1 aliphatic rings. The zero-order valence-electron chi connectivity index (χ0n) is 13.3. The number of benzene rings is 1. The predicted octanol–water partition coefficient (Wildman–Crippen LogP) is 0.0738. The van der Waals surface area contributed by atoms with E-state index in [1.54, 1.807) is 24.3 Å². The van der Waals surface area contributed by atoms with Gasteiger partial charge in [0.25, 0.3) is 5.91 Å². The van der Waals surface area contributed by atoms with Crippen LogP contribution in [0.15, 0.2) is 24.3 Å². The van der Waals surface area contributed by atoms with Crippen LogP contribution < -0.4 is 10.6 Å². The molecule has 0 unspecified atom stereocenters. The number of amides is 4. The van der Waals surface area contributed by atoms with Gasteiger partial charge in [0.15, 0.2) is 6.61 Å². The number of nitrogens with one attached hydrogen (secondary N) is 2. The van der Waals surface area contributed by atoms with Gasteiger partial charge >= 0.3 is 12.0 Å². The van der Waals surface area contributed by atoms with Gasteiger partial charge in [0.1, 0.15) is 0 Å². The summed E-state index contributed by atoms with van der Waals surface area (Å²) >= 11 is 0. The van der Waals surface area contributed by atoms with Crippen LogP contribution in [-0.2, 0) is 20.7 Å². The molecule has 0 aliphatic carbocycles. The maximum atomic E-state index is 11.9. The van der Waals surface area contributed by atoms with Gasteiger partial charge in [-0.15, -0.1) is 0 Å². The van der Waals surface area contributed by atoms with Crippen molar-refractivity contribution in [3.63, 3.8) is 0 Å². The molecule has 2 N–H and O–H groups in total. The summed E-state index contributed by atoms with van der Waals surface area (Å²) in [5, 5.41) is 5.19. The monoisotopic (exact) mass is 333 g/mol. The number of rotatable bonds is 6. The van der Waals surface area contributed by atoms with E-state index in [0.717, 1.165) is 10.5 Å². The van der Waals surface area contributed by atoms with Crippen LogP contribution in [0.4, 0.5) is 4.79 Å². The molecule has 0 spiro atoms. The van der Waals surface area contributed by atoms with Crippen molar-refractivity contribution in [3.05, 3.63) is 35.4 Å². The molecule has 8 nitrogen and oxygen atoms in total. The number of nitrogens with zero attached hydrogens (tertiary/aromatic N) is 1. The fourth-order valence-corrected chi connectivity index (χ4v) is 2.19. The first-order valence-corrected chi connectivity index (χ1v) is 7.56. The highest BCUT2D eigenvalue weighted by molar-refractivity contribution is 5.98. The number of carbonyl (C=O) groups is 4. The molecule has 4 amide bonds. The summed E-state index contributed by atoms with van der Waals surface area (Å²) in [5.41, 5.74) is 1.28. The molecule has 128 valence electrons. The highest BCUT2D eigenvalue weighted by Crippen LogP contribution is 2.07. The lowest BCUT2D eigenvalue weighted by Crippen LogP contribution is -2.37. The van der Waals surface area contributed by atoms with Gasteiger partial charge in [-0.1, -0.05) is 12.1 Å². The highest BCUT2D eigenvalue weighted by atomic mass is 16.5. The Labute approximate surface area is 139 Å². The Kier molecular flexibility index (Phi) is 5.89. The predicted molar refractivity (Wildman–Crippen MR) is 84.2 cm³/mol. The summed E-state index contributed by atoms with van der Waals surface area (Å²) < 4.78 is 4.94. The number of imide groups is 1. The Morgan fingerprint density at radius 1 is 1.25 bits per heavy atom. The summed E-state index contributed by atoms with van der Waals surface area (Å²) in [5.74, 6) is -1.27. The molecule has 1 fully saturated rings. The Hall–Kier alpha value is -2.90. The third-order valence-corrected chi connectivity index (χ3v) is 3.46. The summed E-state index contributed by atoms with van der Waals surface area (Å²) in [6, 6.07) is 6.23. The molecule has 1 heterocycles. The fraction of sp³-hybridized carbons (Fsp3) is 0.375. The molecule has 8 heteroatoms. The molecule has 24 heavy (non-hydrogen) atoms. The minimum Gasteiger partial charge on any atom is -0.452 e. The summed E-state index contributed by atoms with van der Waals surface area (Å²) in [4.78, 5) is 46.8. The van der Waals surface area contributed by atoms with Crippen LogP contribution >= 0.6 is 0 Å². The van der Waals surface area contributed by atoms with Gasteiger partial charge in [-0.3, -0.25) is 14.5 Å². The second-order valence-corrected chi connectivity index (χ2v) is 5.28. The standard InChI is InChI=1S/C16H19N3O5/c1-11(20)17-7-6-12-2-4-13(5-3-12)15(22)24-10-14(21)19-9-8-18-16(19)23/h2-5H,6-10H2,1H3,(H,17,20)(H,18,23). The van der Waals surface area contributed by atoms with Gasteiger partial charge in [-0.25, -0.2) is 9.59 Å². The molecule has 2 rings (SSSR count). The van der Waals surface area contributed by atoms with Crippen LogP contribution in [-0.4, -0.2) is 55.0 Å². The minimum atomic E-state index is -0.628. The first kappa shape index (κ1) is 17.5. The Morgan fingerprint density at radius 2 is 1.96 bits per heavy atom. The van der Waals surface area contributed by atoms with Crippen molar-refractivity contribution in [3.8, 4) is 0 Å². The van der Waals surface area contributed by atoms with E-state index >= 15 is 0 Å². The van der Waals surface area contributed by atoms with Crippen LogP contribution in [0.1, 0.15) is 22.8 Å². The van der Waals surface area contributed by atoms with E-state index < -0.39 is 24.5 Å².